The van der Waals surface area contributed by atoms with Gasteiger partial charge in [-0.1, -0.05) is 29.8 Å². The third-order valence-electron chi connectivity index (χ3n) is 3.18. The highest BCUT2D eigenvalue weighted by Gasteiger charge is 2.15. The van der Waals surface area contributed by atoms with Gasteiger partial charge >= 0.3 is 0 Å². The van der Waals surface area contributed by atoms with E-state index < -0.39 is 0 Å². The molecule has 0 saturated carbocycles. The quantitative estimate of drug-likeness (QED) is 0.677. The molecule has 0 amide bonds. The molecule has 1 aliphatic carbocycles. The second-order valence-corrected chi connectivity index (χ2v) is 4.76. The molecule has 0 fully saturated rings. The van der Waals surface area contributed by atoms with Crippen molar-refractivity contribution < 1.29 is 4.79 Å². The Hall–Kier alpha value is -1.34. The molecule has 0 radical (unpaired) electrons. The monoisotopic (exact) mass is 230 g/mol. The Morgan fingerprint density at radius 2 is 1.75 bits per heavy atom. The van der Waals surface area contributed by atoms with E-state index in [1.807, 2.05) is 18.2 Å². The first-order chi connectivity index (χ1) is 7.72. The van der Waals surface area contributed by atoms with Crippen LogP contribution in [0.1, 0.15) is 17.5 Å². The maximum Gasteiger partial charge on any atom is 0.137 e. The molecule has 0 spiro atoms. The summed E-state index contributed by atoms with van der Waals surface area (Å²) < 4.78 is 0. The number of carbonyl (C=O) groups excluding carboxylic acids is 1. The molecular formula is C14H11ClO. The van der Waals surface area contributed by atoms with E-state index in [1.165, 1.54) is 16.5 Å². The minimum absolute atomic E-state index is 0.348. The summed E-state index contributed by atoms with van der Waals surface area (Å²) in [6.07, 6.45) is 2.14. The first-order valence-electron chi connectivity index (χ1n) is 5.45. The molecule has 0 atom stereocenters. The topological polar surface area (TPSA) is 17.1 Å². The van der Waals surface area contributed by atoms with Crippen molar-refractivity contribution in [2.45, 2.75) is 19.3 Å². The van der Waals surface area contributed by atoms with Crippen LogP contribution in [0.3, 0.4) is 0 Å². The van der Waals surface area contributed by atoms with Crippen LogP contribution in [-0.4, -0.2) is 5.78 Å². The highest BCUT2D eigenvalue weighted by atomic mass is 35.5. The highest BCUT2D eigenvalue weighted by Crippen LogP contribution is 2.27. The molecule has 0 unspecified atom stereocenters. The van der Waals surface area contributed by atoms with Gasteiger partial charge in [0.05, 0.1) is 0 Å². The predicted molar refractivity (Wildman–Crippen MR) is 66.0 cm³/mol. The van der Waals surface area contributed by atoms with Crippen molar-refractivity contribution >= 4 is 28.2 Å². The number of halogens is 1. The average molecular weight is 231 g/mol. The second kappa shape index (κ2) is 3.60. The summed E-state index contributed by atoms with van der Waals surface area (Å²) in [5, 5.41) is 3.10. The Morgan fingerprint density at radius 3 is 2.62 bits per heavy atom. The molecule has 1 aliphatic rings. The van der Waals surface area contributed by atoms with Gasteiger partial charge in [0.15, 0.2) is 0 Å². The molecule has 80 valence electrons. The van der Waals surface area contributed by atoms with E-state index in [-0.39, 0.29) is 0 Å². The normalized spacial score (nSPS) is 15.2. The van der Waals surface area contributed by atoms with E-state index in [0.717, 1.165) is 16.8 Å². The van der Waals surface area contributed by atoms with Gasteiger partial charge in [-0.3, -0.25) is 4.79 Å². The van der Waals surface area contributed by atoms with Crippen LogP contribution in [0.2, 0.25) is 5.02 Å². The van der Waals surface area contributed by atoms with Crippen molar-refractivity contribution in [3.05, 3.63) is 46.5 Å². The van der Waals surface area contributed by atoms with E-state index >= 15 is 0 Å². The molecule has 2 heteroatoms. The fraction of sp³-hybridized carbons (Fsp3) is 0.214. The number of Topliss-reactive ketones (excluding diaryl/α,β-unsaturated/α-hetero) is 1. The maximum atomic E-state index is 11.4. The summed E-state index contributed by atoms with van der Waals surface area (Å²) in [7, 11) is 0. The molecule has 3 rings (SSSR count). The summed E-state index contributed by atoms with van der Waals surface area (Å²) in [5.74, 6) is 0.348. The van der Waals surface area contributed by atoms with Gasteiger partial charge in [-0.05, 0) is 40.5 Å². The Kier molecular flexibility index (Phi) is 2.22. The minimum Gasteiger partial charge on any atom is -0.299 e. The van der Waals surface area contributed by atoms with Crippen LogP contribution in [0, 0.1) is 0 Å². The molecule has 2 aromatic rings. The van der Waals surface area contributed by atoms with Crippen LogP contribution in [0.15, 0.2) is 30.3 Å². The van der Waals surface area contributed by atoms with Gasteiger partial charge in [0, 0.05) is 17.9 Å². The van der Waals surface area contributed by atoms with Crippen molar-refractivity contribution in [3.8, 4) is 0 Å². The van der Waals surface area contributed by atoms with Gasteiger partial charge in [0.2, 0.25) is 0 Å². The van der Waals surface area contributed by atoms with Crippen molar-refractivity contribution in [2.24, 2.45) is 0 Å². The van der Waals surface area contributed by atoms with Gasteiger partial charge in [-0.2, -0.15) is 0 Å². The van der Waals surface area contributed by atoms with E-state index in [4.69, 9.17) is 11.6 Å². The Labute approximate surface area is 99.0 Å². The predicted octanol–water partition coefficient (Wildman–Crippen LogP) is 3.55. The van der Waals surface area contributed by atoms with E-state index in [0.29, 0.717) is 18.6 Å². The zero-order valence-corrected chi connectivity index (χ0v) is 9.55. The number of carbonyl (C=O) groups is 1. The lowest BCUT2D eigenvalue weighted by Gasteiger charge is -2.15. The van der Waals surface area contributed by atoms with E-state index in [9.17, 15) is 4.79 Å². The average Bonchev–Trinajstić information content (AvgIpc) is 2.26. The Balaban J connectivity index is 2.23. The lowest BCUT2D eigenvalue weighted by Crippen LogP contribution is -2.12. The molecule has 1 nitrogen and oxygen atoms in total. The van der Waals surface area contributed by atoms with Gasteiger partial charge in [0.25, 0.3) is 0 Å². The number of hydrogen-bond acceptors (Lipinski definition) is 1. The summed E-state index contributed by atoms with van der Waals surface area (Å²) in [4.78, 5) is 11.4. The molecule has 0 N–H and O–H groups in total. The van der Waals surface area contributed by atoms with Gasteiger partial charge < -0.3 is 0 Å². The molecule has 2 aromatic carbocycles. The van der Waals surface area contributed by atoms with Crippen molar-refractivity contribution in [1.29, 1.82) is 0 Å². The molecule has 16 heavy (non-hydrogen) atoms. The summed E-state index contributed by atoms with van der Waals surface area (Å²) in [5.41, 5.74) is 2.49. The summed E-state index contributed by atoms with van der Waals surface area (Å²) in [6.45, 7) is 0. The largest absolute Gasteiger partial charge is 0.299 e. The Bertz CT molecular complexity index is 587. The standard InChI is InChI=1S/C14H11ClO/c15-13-3-1-9-6-12-8-14(16)4-2-10(12)5-11(9)7-13/h1,3,5-7H,2,4,8H2. The number of aryl methyl sites for hydroxylation is 1. The summed E-state index contributed by atoms with van der Waals surface area (Å²) in [6, 6.07) is 10.2. The van der Waals surface area contributed by atoms with Gasteiger partial charge in [-0.25, -0.2) is 0 Å². The number of benzene rings is 2. The van der Waals surface area contributed by atoms with Crippen LogP contribution in [0.4, 0.5) is 0 Å². The fourth-order valence-corrected chi connectivity index (χ4v) is 2.52. The zero-order chi connectivity index (χ0) is 11.1. The molecule has 0 aliphatic heterocycles. The van der Waals surface area contributed by atoms with Crippen molar-refractivity contribution in [3.63, 3.8) is 0 Å². The van der Waals surface area contributed by atoms with Crippen molar-refractivity contribution in [1.82, 2.24) is 0 Å². The van der Waals surface area contributed by atoms with Crippen molar-refractivity contribution in [2.75, 3.05) is 0 Å². The second-order valence-electron chi connectivity index (χ2n) is 4.33. The van der Waals surface area contributed by atoms with Crippen LogP contribution < -0.4 is 0 Å². The zero-order valence-electron chi connectivity index (χ0n) is 8.79. The van der Waals surface area contributed by atoms with Gasteiger partial charge in [0.1, 0.15) is 5.78 Å². The number of hydrogen-bond donors (Lipinski definition) is 0. The van der Waals surface area contributed by atoms with E-state index in [2.05, 4.69) is 12.1 Å². The molecule has 0 saturated heterocycles. The minimum atomic E-state index is 0.348. The number of ketones is 1. The van der Waals surface area contributed by atoms with Crippen LogP contribution in [0.25, 0.3) is 10.8 Å². The molecule has 0 aromatic heterocycles. The third-order valence-corrected chi connectivity index (χ3v) is 3.42. The SMILES string of the molecule is O=C1CCc2cc3cc(Cl)ccc3cc2C1. The fourth-order valence-electron chi connectivity index (χ4n) is 2.34. The Morgan fingerprint density at radius 1 is 0.938 bits per heavy atom. The third kappa shape index (κ3) is 1.61. The van der Waals surface area contributed by atoms with E-state index in [1.54, 1.807) is 0 Å². The lowest BCUT2D eigenvalue weighted by molar-refractivity contribution is -0.118. The van der Waals surface area contributed by atoms with Crippen LogP contribution in [0.5, 0.6) is 0 Å². The molecular weight excluding hydrogens is 220 g/mol. The molecule has 0 bridgehead atoms. The van der Waals surface area contributed by atoms with Crippen LogP contribution in [-0.2, 0) is 17.6 Å². The molecule has 0 heterocycles. The maximum absolute atomic E-state index is 11.4. The highest BCUT2D eigenvalue weighted by molar-refractivity contribution is 6.31. The van der Waals surface area contributed by atoms with Gasteiger partial charge in [-0.15, -0.1) is 0 Å². The smallest absolute Gasteiger partial charge is 0.137 e. The first-order valence-corrected chi connectivity index (χ1v) is 5.83. The number of rotatable bonds is 0. The number of fused-ring (bicyclic) bond motifs is 2. The summed E-state index contributed by atoms with van der Waals surface area (Å²) >= 11 is 5.97. The first kappa shape index (κ1) is 9.86. The lowest BCUT2D eigenvalue weighted by atomic mass is 9.89. The van der Waals surface area contributed by atoms with Crippen LogP contribution >= 0.6 is 11.6 Å².